The topological polar surface area (TPSA) is 27.1 Å². The van der Waals surface area contributed by atoms with Gasteiger partial charge in [0.05, 0.1) is 0 Å². The van der Waals surface area contributed by atoms with Crippen molar-refractivity contribution >= 4 is 0 Å². The van der Waals surface area contributed by atoms with Gasteiger partial charge in [-0.1, -0.05) is 61.9 Å². The fourth-order valence-corrected chi connectivity index (χ4v) is 2.19. The van der Waals surface area contributed by atoms with Gasteiger partial charge in [0.15, 0.2) is 0 Å². The highest BCUT2D eigenvalue weighted by Crippen LogP contribution is 2.14. The number of imidazole rings is 1. The second kappa shape index (κ2) is 8.79. The van der Waals surface area contributed by atoms with Crippen LogP contribution in [0.3, 0.4) is 0 Å². The Balaban J connectivity index is 0.000000924. The number of hydrogen-bond acceptors (Lipinski definition) is 2. The molecule has 1 heterocycles. The Kier molecular flexibility index (Phi) is 6.42. The van der Waals surface area contributed by atoms with E-state index in [4.69, 9.17) is 4.74 Å². The van der Waals surface area contributed by atoms with Crippen LogP contribution in [0.15, 0.2) is 67.0 Å². The maximum atomic E-state index is 5.80. The molecule has 0 aliphatic heterocycles. The lowest BCUT2D eigenvalue weighted by Gasteiger charge is -2.09. The van der Waals surface area contributed by atoms with Gasteiger partial charge in [-0.25, -0.2) is 4.98 Å². The van der Waals surface area contributed by atoms with Gasteiger partial charge in [-0.3, -0.25) is 0 Å². The van der Waals surface area contributed by atoms with Gasteiger partial charge >= 0.3 is 0 Å². The third-order valence-electron chi connectivity index (χ3n) is 3.39. The van der Waals surface area contributed by atoms with Crippen molar-refractivity contribution in [2.75, 3.05) is 0 Å². The summed E-state index contributed by atoms with van der Waals surface area (Å²) in [6, 6.07) is 18.4. The molecule has 0 N–H and O–H groups in total. The Morgan fingerprint density at radius 2 is 1.65 bits per heavy atom. The van der Waals surface area contributed by atoms with Crippen molar-refractivity contribution in [1.29, 1.82) is 0 Å². The molecule has 1 aromatic heterocycles. The summed E-state index contributed by atoms with van der Waals surface area (Å²) in [5.41, 5.74) is 2.49. The molecule has 0 bridgehead atoms. The number of hydrogen-bond donors (Lipinski definition) is 0. The monoisotopic (exact) mass is 308 g/mol. The summed E-state index contributed by atoms with van der Waals surface area (Å²) < 4.78 is 7.92. The average molecular weight is 308 g/mol. The largest absolute Gasteiger partial charge is 0.486 e. The second-order valence-corrected chi connectivity index (χ2v) is 5.06. The molecule has 23 heavy (non-hydrogen) atoms. The molecule has 0 aliphatic carbocycles. The molecule has 0 radical (unpaired) electrons. The molecule has 0 unspecified atom stereocenters. The van der Waals surface area contributed by atoms with E-state index in [2.05, 4.69) is 40.7 Å². The molecular formula is C20H24N2O. The van der Waals surface area contributed by atoms with Gasteiger partial charge in [-0.05, 0) is 24.6 Å². The summed E-state index contributed by atoms with van der Waals surface area (Å²) >= 11 is 0. The van der Waals surface area contributed by atoms with Gasteiger partial charge in [-0.15, -0.1) is 0 Å². The van der Waals surface area contributed by atoms with Crippen molar-refractivity contribution in [3.8, 4) is 5.75 Å². The maximum absolute atomic E-state index is 5.80. The Morgan fingerprint density at radius 1 is 0.957 bits per heavy atom. The lowest BCUT2D eigenvalue weighted by Crippen LogP contribution is -2.07. The van der Waals surface area contributed by atoms with Gasteiger partial charge < -0.3 is 9.30 Å². The lowest BCUT2D eigenvalue weighted by molar-refractivity contribution is 0.290. The van der Waals surface area contributed by atoms with Crippen molar-refractivity contribution in [2.45, 2.75) is 33.9 Å². The van der Waals surface area contributed by atoms with Crippen LogP contribution in [0, 0.1) is 6.92 Å². The van der Waals surface area contributed by atoms with E-state index in [0.29, 0.717) is 6.61 Å². The first-order valence-electron chi connectivity index (χ1n) is 8.05. The summed E-state index contributed by atoms with van der Waals surface area (Å²) in [5.74, 6) is 1.80. The van der Waals surface area contributed by atoms with Gasteiger partial charge in [0.2, 0.25) is 0 Å². The molecule has 2 aromatic carbocycles. The molecule has 3 heteroatoms. The highest BCUT2D eigenvalue weighted by molar-refractivity contribution is 5.26. The number of aromatic nitrogens is 2. The normalized spacial score (nSPS) is 9.87. The van der Waals surface area contributed by atoms with Crippen LogP contribution in [-0.2, 0) is 13.2 Å². The summed E-state index contributed by atoms with van der Waals surface area (Å²) in [5, 5.41) is 0. The van der Waals surface area contributed by atoms with Crippen molar-refractivity contribution in [2.24, 2.45) is 0 Å². The van der Waals surface area contributed by atoms with Crippen molar-refractivity contribution in [3.63, 3.8) is 0 Å². The first-order chi connectivity index (χ1) is 11.3. The molecule has 0 saturated carbocycles. The fraction of sp³-hybridized carbons (Fsp3) is 0.250. The Bertz CT molecular complexity index is 687. The van der Waals surface area contributed by atoms with Crippen LogP contribution in [-0.4, -0.2) is 9.55 Å². The smallest absolute Gasteiger partial charge is 0.147 e. The van der Waals surface area contributed by atoms with Crippen LogP contribution in [0.4, 0.5) is 0 Å². The molecule has 0 fully saturated rings. The van der Waals surface area contributed by atoms with E-state index in [1.54, 1.807) is 0 Å². The zero-order valence-electron chi connectivity index (χ0n) is 14.1. The van der Waals surface area contributed by atoms with Crippen molar-refractivity contribution < 1.29 is 4.74 Å². The Hall–Kier alpha value is -2.55. The van der Waals surface area contributed by atoms with Crippen LogP contribution in [0.1, 0.15) is 30.8 Å². The van der Waals surface area contributed by atoms with E-state index in [-0.39, 0.29) is 0 Å². The number of rotatable bonds is 5. The van der Waals surface area contributed by atoms with E-state index < -0.39 is 0 Å². The summed E-state index contributed by atoms with van der Waals surface area (Å²) in [6.07, 6.45) is 3.80. The molecule has 0 atom stereocenters. The lowest BCUT2D eigenvalue weighted by atomic mass is 10.2. The van der Waals surface area contributed by atoms with Crippen LogP contribution < -0.4 is 4.74 Å². The quantitative estimate of drug-likeness (QED) is 0.674. The van der Waals surface area contributed by atoms with Gasteiger partial charge in [0.25, 0.3) is 0 Å². The summed E-state index contributed by atoms with van der Waals surface area (Å²) in [6.45, 7) is 7.35. The van der Waals surface area contributed by atoms with Crippen molar-refractivity contribution in [3.05, 3.63) is 83.9 Å². The predicted octanol–water partition coefficient (Wildman–Crippen LogP) is 4.85. The fourth-order valence-electron chi connectivity index (χ4n) is 2.19. The van der Waals surface area contributed by atoms with Crippen LogP contribution in [0.5, 0.6) is 5.75 Å². The molecule has 0 aliphatic rings. The van der Waals surface area contributed by atoms with Gasteiger partial charge in [0, 0.05) is 18.9 Å². The molecule has 3 rings (SSSR count). The van der Waals surface area contributed by atoms with E-state index in [1.165, 1.54) is 11.1 Å². The van der Waals surface area contributed by atoms with Gasteiger partial charge in [-0.2, -0.15) is 0 Å². The maximum Gasteiger partial charge on any atom is 0.147 e. The first kappa shape index (κ1) is 16.8. The van der Waals surface area contributed by atoms with E-state index in [0.717, 1.165) is 18.1 Å². The van der Waals surface area contributed by atoms with Crippen molar-refractivity contribution in [1.82, 2.24) is 9.55 Å². The SMILES string of the molecule is CC.Cc1ccc(OCc2nccn2Cc2ccccc2)cc1. The van der Waals surface area contributed by atoms with Crippen LogP contribution >= 0.6 is 0 Å². The Labute approximate surface area is 138 Å². The minimum atomic E-state index is 0.475. The van der Waals surface area contributed by atoms with Crippen LogP contribution in [0.2, 0.25) is 0 Å². The van der Waals surface area contributed by atoms with Gasteiger partial charge in [0.1, 0.15) is 18.2 Å². The minimum Gasteiger partial charge on any atom is -0.486 e. The zero-order chi connectivity index (χ0) is 16.5. The molecule has 0 spiro atoms. The summed E-state index contributed by atoms with van der Waals surface area (Å²) in [4.78, 5) is 4.38. The zero-order valence-corrected chi connectivity index (χ0v) is 14.1. The number of aryl methyl sites for hydroxylation is 1. The first-order valence-corrected chi connectivity index (χ1v) is 8.05. The molecule has 0 saturated heterocycles. The highest BCUT2D eigenvalue weighted by Gasteiger charge is 2.04. The molecule has 0 amide bonds. The van der Waals surface area contributed by atoms with E-state index >= 15 is 0 Å². The third kappa shape index (κ3) is 4.99. The van der Waals surface area contributed by atoms with E-state index in [1.807, 2.05) is 56.6 Å². The molecule has 3 aromatic rings. The third-order valence-corrected chi connectivity index (χ3v) is 3.39. The standard InChI is InChI=1S/C18H18N2O.C2H6/c1-15-7-9-17(10-8-15)21-14-18-19-11-12-20(18)13-16-5-3-2-4-6-16;1-2/h2-12H,13-14H2,1H3;1-2H3. The number of ether oxygens (including phenoxy) is 1. The predicted molar refractivity (Wildman–Crippen MR) is 94.6 cm³/mol. The molecule has 3 nitrogen and oxygen atoms in total. The second-order valence-electron chi connectivity index (χ2n) is 5.06. The average Bonchev–Trinajstić information content (AvgIpc) is 3.04. The van der Waals surface area contributed by atoms with Crippen LogP contribution in [0.25, 0.3) is 0 Å². The molecular weight excluding hydrogens is 284 g/mol. The number of nitrogens with zero attached hydrogens (tertiary/aromatic N) is 2. The number of benzene rings is 2. The molecule has 120 valence electrons. The van der Waals surface area contributed by atoms with E-state index in [9.17, 15) is 0 Å². The minimum absolute atomic E-state index is 0.475. The Morgan fingerprint density at radius 3 is 2.35 bits per heavy atom. The summed E-state index contributed by atoms with van der Waals surface area (Å²) in [7, 11) is 0. The highest BCUT2D eigenvalue weighted by atomic mass is 16.5.